The Kier molecular flexibility index (Phi) is 6.70. The van der Waals surface area contributed by atoms with Crippen molar-refractivity contribution >= 4 is 11.9 Å². The minimum Gasteiger partial charge on any atom is -0.445 e. The maximum Gasteiger partial charge on any atom is 0.410 e. The molecule has 1 aromatic rings. The highest BCUT2D eigenvalue weighted by atomic mass is 16.6. The number of ether oxygens (including phenoxy) is 1. The first kappa shape index (κ1) is 18.9. The van der Waals surface area contributed by atoms with Gasteiger partial charge in [-0.1, -0.05) is 50.1 Å². The van der Waals surface area contributed by atoms with E-state index in [-0.39, 0.29) is 24.1 Å². The van der Waals surface area contributed by atoms with Crippen molar-refractivity contribution in [3.8, 4) is 0 Å². The Hall–Kier alpha value is -1.84. The molecule has 2 bridgehead atoms. The van der Waals surface area contributed by atoms with Crippen LogP contribution in [0.25, 0.3) is 0 Å². The largest absolute Gasteiger partial charge is 0.445 e. The van der Waals surface area contributed by atoms with Crippen LogP contribution >= 0.6 is 0 Å². The lowest BCUT2D eigenvalue weighted by Gasteiger charge is -2.47. The van der Waals surface area contributed by atoms with Crippen LogP contribution in [0.2, 0.25) is 0 Å². The summed E-state index contributed by atoms with van der Waals surface area (Å²) in [6, 6.07) is 10.1. The van der Waals surface area contributed by atoms with E-state index in [0.29, 0.717) is 18.8 Å². The topological polar surface area (TPSA) is 46.6 Å². The van der Waals surface area contributed by atoms with Gasteiger partial charge in [-0.2, -0.15) is 0 Å². The van der Waals surface area contributed by atoms with Gasteiger partial charge in [0, 0.05) is 24.4 Å². The second-order valence-corrected chi connectivity index (χ2v) is 7.78. The molecule has 0 N–H and O–H groups in total. The van der Waals surface area contributed by atoms with Gasteiger partial charge in [-0.05, 0) is 44.1 Å². The fourth-order valence-electron chi connectivity index (χ4n) is 4.49. The highest BCUT2D eigenvalue weighted by Crippen LogP contribution is 2.38. The molecule has 26 heavy (non-hydrogen) atoms. The summed E-state index contributed by atoms with van der Waals surface area (Å²) in [6.45, 7) is 2.48. The highest BCUT2D eigenvalue weighted by molar-refractivity contribution is 5.81. The van der Waals surface area contributed by atoms with Crippen molar-refractivity contribution in [2.75, 3.05) is 0 Å². The van der Waals surface area contributed by atoms with E-state index in [1.807, 2.05) is 35.2 Å². The van der Waals surface area contributed by atoms with E-state index >= 15 is 0 Å². The lowest BCUT2D eigenvalue weighted by molar-refractivity contribution is -0.126. The summed E-state index contributed by atoms with van der Waals surface area (Å²) in [7, 11) is 0. The van der Waals surface area contributed by atoms with Crippen molar-refractivity contribution in [3.05, 3.63) is 35.9 Å². The molecule has 0 saturated carbocycles. The van der Waals surface area contributed by atoms with Gasteiger partial charge in [-0.15, -0.1) is 0 Å². The molecule has 1 aromatic carbocycles. The molecule has 2 aliphatic heterocycles. The number of hydrogen-bond donors (Lipinski definition) is 0. The summed E-state index contributed by atoms with van der Waals surface area (Å²) < 4.78 is 5.58. The second-order valence-electron chi connectivity index (χ2n) is 7.78. The number of ketones is 1. The van der Waals surface area contributed by atoms with Crippen LogP contribution < -0.4 is 0 Å². The Labute approximate surface area is 156 Å². The summed E-state index contributed by atoms with van der Waals surface area (Å²) in [5.74, 6) is 0.549. The Morgan fingerprint density at radius 1 is 1.08 bits per heavy atom. The van der Waals surface area contributed by atoms with Crippen molar-refractivity contribution in [1.29, 1.82) is 0 Å². The number of hydrogen-bond acceptors (Lipinski definition) is 3. The van der Waals surface area contributed by atoms with Crippen LogP contribution in [0.3, 0.4) is 0 Å². The van der Waals surface area contributed by atoms with Gasteiger partial charge in [0.1, 0.15) is 12.4 Å². The van der Waals surface area contributed by atoms with E-state index in [1.165, 1.54) is 0 Å². The van der Waals surface area contributed by atoms with Gasteiger partial charge in [0.15, 0.2) is 0 Å². The van der Waals surface area contributed by atoms with Gasteiger partial charge < -0.3 is 9.64 Å². The lowest BCUT2D eigenvalue weighted by atomic mass is 9.76. The Bertz CT molecular complexity index is 587. The standard InChI is InChI=1S/C22H31NO3/c1-2-3-5-13-21(24)18-14-19-11-8-12-20(15-18)23(19)22(25)26-16-17-9-6-4-7-10-17/h4,6-7,9-10,18-20H,2-3,5,8,11-16H2,1H3. The van der Waals surface area contributed by atoms with Gasteiger partial charge in [-0.25, -0.2) is 4.79 Å². The minimum atomic E-state index is -0.208. The van der Waals surface area contributed by atoms with Gasteiger partial charge in [-0.3, -0.25) is 4.79 Å². The molecule has 2 unspecified atom stereocenters. The molecule has 4 heteroatoms. The smallest absolute Gasteiger partial charge is 0.410 e. The first-order chi connectivity index (χ1) is 12.7. The van der Waals surface area contributed by atoms with Crippen molar-refractivity contribution in [3.63, 3.8) is 0 Å². The number of nitrogens with zero attached hydrogens (tertiary/aromatic N) is 1. The van der Waals surface area contributed by atoms with Crippen molar-refractivity contribution in [1.82, 2.24) is 4.90 Å². The van der Waals surface area contributed by atoms with E-state index < -0.39 is 0 Å². The van der Waals surface area contributed by atoms with Gasteiger partial charge >= 0.3 is 6.09 Å². The number of carbonyl (C=O) groups excluding carboxylic acids is 2. The van der Waals surface area contributed by atoms with Gasteiger partial charge in [0.2, 0.25) is 0 Å². The third-order valence-corrected chi connectivity index (χ3v) is 5.87. The Balaban J connectivity index is 1.56. The number of carbonyl (C=O) groups is 2. The lowest BCUT2D eigenvalue weighted by Crippen LogP contribution is -2.55. The average molecular weight is 357 g/mol. The molecule has 2 atom stereocenters. The normalized spacial score (nSPS) is 25.0. The van der Waals surface area contributed by atoms with Crippen LogP contribution in [0.15, 0.2) is 30.3 Å². The molecule has 2 fully saturated rings. The SMILES string of the molecule is CCCCCC(=O)C1CC2CCCC(C1)N2C(=O)OCc1ccccc1. The van der Waals surface area contributed by atoms with Crippen LogP contribution in [0, 0.1) is 5.92 Å². The number of fused-ring (bicyclic) bond motifs is 2. The molecule has 0 spiro atoms. The second kappa shape index (κ2) is 9.20. The predicted octanol–water partition coefficient (Wildman–Crippen LogP) is 5.11. The third-order valence-electron chi connectivity index (χ3n) is 5.87. The van der Waals surface area contributed by atoms with Crippen LogP contribution in [0.5, 0.6) is 0 Å². The quantitative estimate of drug-likeness (QED) is 0.637. The average Bonchev–Trinajstić information content (AvgIpc) is 2.66. The number of Topliss-reactive ketones (excluding diaryl/α,β-unsaturated/α-hetero) is 1. The number of amides is 1. The Morgan fingerprint density at radius 3 is 2.42 bits per heavy atom. The molecule has 4 nitrogen and oxygen atoms in total. The molecule has 2 aliphatic rings. The number of piperidine rings is 2. The van der Waals surface area contributed by atoms with E-state index in [2.05, 4.69) is 6.92 Å². The molecular formula is C22H31NO3. The molecule has 2 saturated heterocycles. The van der Waals surface area contributed by atoms with Gasteiger partial charge in [0.05, 0.1) is 0 Å². The number of benzene rings is 1. The minimum absolute atomic E-state index is 0.139. The third kappa shape index (κ3) is 4.66. The van der Waals surface area contributed by atoms with Crippen LogP contribution in [-0.2, 0) is 16.1 Å². The molecule has 0 radical (unpaired) electrons. The van der Waals surface area contributed by atoms with Gasteiger partial charge in [0.25, 0.3) is 0 Å². The zero-order valence-electron chi connectivity index (χ0n) is 15.9. The van der Waals surface area contributed by atoms with E-state index in [0.717, 1.165) is 56.9 Å². The molecule has 0 aromatic heterocycles. The maximum absolute atomic E-state index is 12.7. The first-order valence-corrected chi connectivity index (χ1v) is 10.2. The van der Waals surface area contributed by atoms with E-state index in [1.54, 1.807) is 0 Å². The zero-order valence-corrected chi connectivity index (χ0v) is 15.9. The van der Waals surface area contributed by atoms with Crippen molar-refractivity contribution in [2.24, 2.45) is 5.92 Å². The molecule has 2 heterocycles. The molecule has 142 valence electrons. The van der Waals surface area contributed by atoms with Crippen molar-refractivity contribution in [2.45, 2.75) is 83.4 Å². The summed E-state index contributed by atoms with van der Waals surface area (Å²) >= 11 is 0. The summed E-state index contributed by atoms with van der Waals surface area (Å²) in [4.78, 5) is 27.2. The van der Waals surface area contributed by atoms with Crippen LogP contribution in [0.4, 0.5) is 4.79 Å². The first-order valence-electron chi connectivity index (χ1n) is 10.2. The van der Waals surface area contributed by atoms with E-state index in [9.17, 15) is 9.59 Å². The molecule has 0 aliphatic carbocycles. The van der Waals surface area contributed by atoms with Crippen LogP contribution in [0.1, 0.15) is 70.3 Å². The molecular weight excluding hydrogens is 326 g/mol. The summed E-state index contributed by atoms with van der Waals surface area (Å²) in [6.07, 6.45) is 8.55. The number of unbranched alkanes of at least 4 members (excludes halogenated alkanes) is 2. The van der Waals surface area contributed by atoms with E-state index in [4.69, 9.17) is 4.74 Å². The summed E-state index contributed by atoms with van der Waals surface area (Å²) in [5, 5.41) is 0. The molecule has 3 rings (SSSR count). The summed E-state index contributed by atoms with van der Waals surface area (Å²) in [5.41, 5.74) is 1.01. The monoisotopic (exact) mass is 357 g/mol. The predicted molar refractivity (Wildman–Crippen MR) is 102 cm³/mol. The Morgan fingerprint density at radius 2 is 1.77 bits per heavy atom. The van der Waals surface area contributed by atoms with Crippen LogP contribution in [-0.4, -0.2) is 28.9 Å². The zero-order chi connectivity index (χ0) is 18.4. The van der Waals surface area contributed by atoms with Crippen molar-refractivity contribution < 1.29 is 14.3 Å². The maximum atomic E-state index is 12.7. The molecule has 1 amide bonds. The fraction of sp³-hybridized carbons (Fsp3) is 0.636. The number of rotatable bonds is 7. The fourth-order valence-corrected chi connectivity index (χ4v) is 4.49. The highest BCUT2D eigenvalue weighted by Gasteiger charge is 2.43.